The minimum absolute atomic E-state index is 0.193. The average Bonchev–Trinajstić information content (AvgIpc) is 2.68. The first-order valence-corrected chi connectivity index (χ1v) is 8.00. The van der Waals surface area contributed by atoms with Gasteiger partial charge < -0.3 is 16.2 Å². The van der Waals surface area contributed by atoms with Gasteiger partial charge in [-0.1, -0.05) is 24.0 Å². The monoisotopic (exact) mass is 359 g/mol. The zero-order chi connectivity index (χ0) is 19.2. The molecule has 4 N–H and O–H groups in total. The summed E-state index contributed by atoms with van der Waals surface area (Å²) in [6.07, 6.45) is 3.09. The van der Waals surface area contributed by atoms with Crippen molar-refractivity contribution in [2.24, 2.45) is 5.73 Å². The largest absolute Gasteiger partial charge is 0.497 e. The molecule has 1 heterocycles. The molecule has 0 fully saturated rings. The van der Waals surface area contributed by atoms with E-state index in [0.29, 0.717) is 28.3 Å². The second-order valence-electron chi connectivity index (χ2n) is 5.51. The van der Waals surface area contributed by atoms with Crippen LogP contribution in [0.4, 0.5) is 22.1 Å². The van der Waals surface area contributed by atoms with Gasteiger partial charge in [-0.15, -0.1) is 0 Å². The number of anilines is 3. The fraction of sp³-hybridized carbons (Fsp3) is 0.0500. The molecular weight excluding hydrogens is 342 g/mol. The van der Waals surface area contributed by atoms with Gasteiger partial charge >= 0.3 is 6.03 Å². The molecule has 1 aromatic heterocycles. The molecule has 27 heavy (non-hydrogen) atoms. The normalized spacial score (nSPS) is 9.81. The number of ether oxygens (including phenoxy) is 1. The predicted molar refractivity (Wildman–Crippen MR) is 104 cm³/mol. The molecule has 2 amide bonds. The second-order valence-corrected chi connectivity index (χ2v) is 5.51. The lowest BCUT2D eigenvalue weighted by Crippen LogP contribution is -2.31. The molecule has 0 spiro atoms. The van der Waals surface area contributed by atoms with Gasteiger partial charge in [0.1, 0.15) is 5.75 Å². The maximum Gasteiger partial charge on any atom is 0.323 e. The third-order valence-electron chi connectivity index (χ3n) is 3.66. The van der Waals surface area contributed by atoms with Gasteiger partial charge in [0.05, 0.1) is 24.0 Å². The molecule has 2 aromatic carbocycles. The summed E-state index contributed by atoms with van der Waals surface area (Å²) < 4.78 is 5.22. The summed E-state index contributed by atoms with van der Waals surface area (Å²) in [4.78, 5) is 21.3. The van der Waals surface area contributed by atoms with E-state index < -0.39 is 6.03 Å². The number of nitrogens with two attached hydrogens (primary N) is 2. The van der Waals surface area contributed by atoms with E-state index in [2.05, 4.69) is 21.8 Å². The number of benzene rings is 2. The maximum absolute atomic E-state index is 12.1. The van der Waals surface area contributed by atoms with Crippen LogP contribution in [0, 0.1) is 11.8 Å². The molecule has 0 atom stereocenters. The van der Waals surface area contributed by atoms with E-state index in [4.69, 9.17) is 16.2 Å². The van der Waals surface area contributed by atoms with E-state index in [1.807, 2.05) is 6.07 Å². The van der Waals surface area contributed by atoms with Crippen LogP contribution in [0.2, 0.25) is 0 Å². The van der Waals surface area contributed by atoms with Gasteiger partial charge in [-0.05, 0) is 30.3 Å². The molecule has 0 aliphatic rings. The molecule has 7 heteroatoms. The highest BCUT2D eigenvalue weighted by molar-refractivity contribution is 5.98. The summed E-state index contributed by atoms with van der Waals surface area (Å²) >= 11 is 0. The molecule has 7 nitrogen and oxygen atoms in total. The van der Waals surface area contributed by atoms with Crippen molar-refractivity contribution in [1.82, 2.24) is 9.97 Å². The topological polar surface area (TPSA) is 107 Å². The standard InChI is InChI=1S/C20H17N5O2/c1-27-18-7-3-6-17(11-18)25(20(22)26)16-5-2-4-14(10-16)8-9-15-12-23-19(21)24-13-15/h2-7,10-13H,1H3,(H2,22,26)(H2,21,23,24). The minimum Gasteiger partial charge on any atom is -0.497 e. The van der Waals surface area contributed by atoms with Gasteiger partial charge in [0.15, 0.2) is 0 Å². The van der Waals surface area contributed by atoms with Crippen molar-refractivity contribution in [3.8, 4) is 17.6 Å². The summed E-state index contributed by atoms with van der Waals surface area (Å²) in [7, 11) is 1.56. The number of carbonyl (C=O) groups is 1. The van der Waals surface area contributed by atoms with Crippen molar-refractivity contribution in [3.05, 3.63) is 72.1 Å². The molecule has 0 saturated carbocycles. The van der Waals surface area contributed by atoms with E-state index in [0.717, 1.165) is 0 Å². The van der Waals surface area contributed by atoms with E-state index >= 15 is 0 Å². The molecular formula is C20H17N5O2. The Kier molecular flexibility index (Phi) is 5.19. The third-order valence-corrected chi connectivity index (χ3v) is 3.66. The first kappa shape index (κ1) is 17.8. The van der Waals surface area contributed by atoms with Crippen molar-refractivity contribution in [2.45, 2.75) is 0 Å². The third kappa shape index (κ3) is 4.32. The molecule has 0 bridgehead atoms. The Morgan fingerprint density at radius 1 is 1.00 bits per heavy atom. The van der Waals surface area contributed by atoms with Crippen molar-refractivity contribution >= 4 is 23.4 Å². The number of methoxy groups -OCH3 is 1. The lowest BCUT2D eigenvalue weighted by atomic mass is 10.1. The van der Waals surface area contributed by atoms with Crippen molar-refractivity contribution in [3.63, 3.8) is 0 Å². The van der Waals surface area contributed by atoms with Gasteiger partial charge in [0, 0.05) is 24.0 Å². The van der Waals surface area contributed by atoms with Crippen LogP contribution >= 0.6 is 0 Å². The van der Waals surface area contributed by atoms with Gasteiger partial charge in [0.2, 0.25) is 5.95 Å². The lowest BCUT2D eigenvalue weighted by Gasteiger charge is -2.21. The number of rotatable bonds is 3. The number of hydrogen-bond acceptors (Lipinski definition) is 5. The van der Waals surface area contributed by atoms with E-state index in [9.17, 15) is 4.79 Å². The molecule has 3 rings (SSSR count). The molecule has 3 aromatic rings. The SMILES string of the molecule is COc1cccc(N(C(N)=O)c2cccc(C#Cc3cnc(N)nc3)c2)c1. The molecule has 0 saturated heterocycles. The van der Waals surface area contributed by atoms with Crippen molar-refractivity contribution in [1.29, 1.82) is 0 Å². The second kappa shape index (κ2) is 7.89. The van der Waals surface area contributed by atoms with Crippen LogP contribution in [-0.2, 0) is 0 Å². The molecule has 0 aliphatic carbocycles. The Bertz CT molecular complexity index is 1020. The van der Waals surface area contributed by atoms with Crippen LogP contribution in [-0.4, -0.2) is 23.1 Å². The highest BCUT2D eigenvalue weighted by atomic mass is 16.5. The predicted octanol–water partition coefficient (Wildman–Crippen LogP) is 2.68. The zero-order valence-electron chi connectivity index (χ0n) is 14.6. The Labute approximate surface area is 156 Å². The molecule has 0 aliphatic heterocycles. The number of amides is 2. The van der Waals surface area contributed by atoms with Crippen LogP contribution in [0.1, 0.15) is 11.1 Å². The molecule has 134 valence electrons. The number of carbonyl (C=O) groups excluding carboxylic acids is 1. The fourth-order valence-electron chi connectivity index (χ4n) is 2.42. The van der Waals surface area contributed by atoms with Crippen LogP contribution in [0.5, 0.6) is 5.75 Å². The van der Waals surface area contributed by atoms with Gasteiger partial charge in [-0.2, -0.15) is 0 Å². The Morgan fingerprint density at radius 3 is 2.30 bits per heavy atom. The summed E-state index contributed by atoms with van der Waals surface area (Å²) in [5, 5.41) is 0. The average molecular weight is 359 g/mol. The lowest BCUT2D eigenvalue weighted by molar-refractivity contribution is 0.256. The van der Waals surface area contributed by atoms with Crippen LogP contribution in [0.3, 0.4) is 0 Å². The van der Waals surface area contributed by atoms with Crippen LogP contribution < -0.4 is 21.1 Å². The van der Waals surface area contributed by atoms with E-state index in [-0.39, 0.29) is 5.95 Å². The quantitative estimate of drug-likeness (QED) is 0.699. The maximum atomic E-state index is 12.1. The summed E-state index contributed by atoms with van der Waals surface area (Å²) in [5.74, 6) is 6.79. The summed E-state index contributed by atoms with van der Waals surface area (Å²) in [5.41, 5.74) is 13.6. The van der Waals surface area contributed by atoms with Crippen LogP contribution in [0.25, 0.3) is 0 Å². The Morgan fingerprint density at radius 2 is 1.63 bits per heavy atom. The van der Waals surface area contributed by atoms with Crippen molar-refractivity contribution < 1.29 is 9.53 Å². The summed E-state index contributed by atoms with van der Waals surface area (Å²) in [6, 6.07) is 13.7. The summed E-state index contributed by atoms with van der Waals surface area (Å²) in [6.45, 7) is 0. The smallest absolute Gasteiger partial charge is 0.323 e. The highest BCUT2D eigenvalue weighted by Gasteiger charge is 2.15. The number of nitrogen functional groups attached to an aromatic ring is 1. The first-order valence-electron chi connectivity index (χ1n) is 8.00. The van der Waals surface area contributed by atoms with Crippen LogP contribution in [0.15, 0.2) is 60.9 Å². The Balaban J connectivity index is 1.94. The molecule has 0 radical (unpaired) electrons. The molecule has 0 unspecified atom stereocenters. The minimum atomic E-state index is -0.611. The van der Waals surface area contributed by atoms with Gasteiger partial charge in [-0.25, -0.2) is 14.8 Å². The van der Waals surface area contributed by atoms with E-state index in [1.54, 1.807) is 62.0 Å². The van der Waals surface area contributed by atoms with Crippen molar-refractivity contribution in [2.75, 3.05) is 17.7 Å². The Hall–Kier alpha value is -4.05. The zero-order valence-corrected chi connectivity index (χ0v) is 14.6. The first-order chi connectivity index (χ1) is 13.1. The fourth-order valence-corrected chi connectivity index (χ4v) is 2.42. The van der Waals surface area contributed by atoms with Gasteiger partial charge in [0.25, 0.3) is 0 Å². The number of urea groups is 1. The number of aromatic nitrogens is 2. The highest BCUT2D eigenvalue weighted by Crippen LogP contribution is 2.28. The number of primary amides is 1. The number of hydrogen-bond donors (Lipinski definition) is 2. The van der Waals surface area contributed by atoms with E-state index in [1.165, 1.54) is 4.90 Å². The van der Waals surface area contributed by atoms with Gasteiger partial charge in [-0.3, -0.25) is 4.90 Å². The number of nitrogens with zero attached hydrogens (tertiary/aromatic N) is 3.